The summed E-state index contributed by atoms with van der Waals surface area (Å²) in [5, 5.41) is 2.36. The van der Waals surface area contributed by atoms with Gasteiger partial charge >= 0.3 is 0 Å². The Balaban J connectivity index is 1.41. The average molecular weight is 390 g/mol. The second-order valence-corrected chi connectivity index (χ2v) is 7.52. The van der Waals surface area contributed by atoms with Gasteiger partial charge in [0, 0.05) is 24.3 Å². The Kier molecular flexibility index (Phi) is 4.86. The predicted octanol–water partition coefficient (Wildman–Crippen LogP) is 6.37. The molecule has 0 amide bonds. The number of benzene rings is 3. The monoisotopic (exact) mass is 389 g/mol. The molecule has 0 unspecified atom stereocenters. The van der Waals surface area contributed by atoms with E-state index in [0.717, 1.165) is 35.3 Å². The Hall–Kier alpha value is -3.72. The van der Waals surface area contributed by atoms with Crippen molar-refractivity contribution >= 4 is 34.0 Å². The van der Waals surface area contributed by atoms with Crippen molar-refractivity contribution in [2.24, 2.45) is 0 Å². The van der Waals surface area contributed by atoms with Gasteiger partial charge in [0.2, 0.25) is 0 Å². The largest absolute Gasteiger partial charge is 0.343 e. The predicted molar refractivity (Wildman–Crippen MR) is 125 cm³/mol. The molecule has 5 rings (SSSR count). The zero-order chi connectivity index (χ0) is 20.3. The second-order valence-electron chi connectivity index (χ2n) is 7.52. The Morgan fingerprint density at radius 3 is 2.67 bits per heavy atom. The van der Waals surface area contributed by atoms with E-state index >= 15 is 0 Å². The highest BCUT2D eigenvalue weighted by Crippen LogP contribution is 2.22. The van der Waals surface area contributed by atoms with E-state index in [-0.39, 0.29) is 0 Å². The molecule has 2 heterocycles. The van der Waals surface area contributed by atoms with Gasteiger partial charge in [0.1, 0.15) is 0 Å². The summed E-state index contributed by atoms with van der Waals surface area (Å²) in [5.41, 5.74) is 6.12. The number of para-hydroxylation sites is 2. The molecule has 0 spiro atoms. The number of fused-ring (bicyclic) bond motifs is 2. The SMILES string of the molecule is CCc1cccc2ccn(Cc3cccc(/C=C/c4ncc5ccccc5n4)c3)c12. The van der Waals surface area contributed by atoms with Gasteiger partial charge in [0.15, 0.2) is 5.82 Å². The normalized spacial score (nSPS) is 11.6. The number of nitrogens with zero attached hydrogens (tertiary/aromatic N) is 3. The van der Waals surface area contributed by atoms with E-state index in [2.05, 4.69) is 82.3 Å². The molecule has 0 aliphatic carbocycles. The Labute approximate surface area is 176 Å². The van der Waals surface area contributed by atoms with E-state index in [9.17, 15) is 0 Å². The van der Waals surface area contributed by atoms with Gasteiger partial charge in [-0.25, -0.2) is 9.97 Å². The van der Waals surface area contributed by atoms with Crippen LogP contribution in [0.3, 0.4) is 0 Å². The summed E-state index contributed by atoms with van der Waals surface area (Å²) in [5.74, 6) is 0.725. The van der Waals surface area contributed by atoms with E-state index < -0.39 is 0 Å². The van der Waals surface area contributed by atoms with Gasteiger partial charge in [-0.15, -0.1) is 0 Å². The van der Waals surface area contributed by atoms with Gasteiger partial charge in [-0.2, -0.15) is 0 Å². The maximum Gasteiger partial charge on any atom is 0.152 e. The summed E-state index contributed by atoms with van der Waals surface area (Å²) in [7, 11) is 0. The molecule has 3 nitrogen and oxygen atoms in total. The van der Waals surface area contributed by atoms with Gasteiger partial charge in [0.05, 0.1) is 11.0 Å². The minimum absolute atomic E-state index is 0.725. The number of hydrogen-bond donors (Lipinski definition) is 0. The van der Waals surface area contributed by atoms with Crippen LogP contribution >= 0.6 is 0 Å². The van der Waals surface area contributed by atoms with E-state index in [1.54, 1.807) is 0 Å². The van der Waals surface area contributed by atoms with Crippen LogP contribution in [0.15, 0.2) is 85.2 Å². The molecule has 0 atom stereocenters. The third kappa shape index (κ3) is 3.62. The van der Waals surface area contributed by atoms with Crippen molar-refractivity contribution in [2.75, 3.05) is 0 Å². The van der Waals surface area contributed by atoms with Gasteiger partial charge in [-0.3, -0.25) is 0 Å². The van der Waals surface area contributed by atoms with Crippen molar-refractivity contribution in [2.45, 2.75) is 19.9 Å². The molecule has 5 aromatic rings. The average Bonchev–Trinajstić information content (AvgIpc) is 3.21. The minimum Gasteiger partial charge on any atom is -0.343 e. The van der Waals surface area contributed by atoms with Gasteiger partial charge in [0.25, 0.3) is 0 Å². The maximum absolute atomic E-state index is 4.62. The lowest BCUT2D eigenvalue weighted by Gasteiger charge is -2.10. The molecule has 0 saturated heterocycles. The lowest BCUT2D eigenvalue weighted by Crippen LogP contribution is -2.00. The number of hydrogen-bond acceptors (Lipinski definition) is 2. The summed E-state index contributed by atoms with van der Waals surface area (Å²) in [6, 6.07) is 25.5. The summed E-state index contributed by atoms with van der Waals surface area (Å²) < 4.78 is 2.35. The fourth-order valence-corrected chi connectivity index (χ4v) is 3.99. The zero-order valence-corrected chi connectivity index (χ0v) is 17.0. The first-order valence-corrected chi connectivity index (χ1v) is 10.4. The molecule has 0 saturated carbocycles. The number of aryl methyl sites for hydroxylation is 1. The van der Waals surface area contributed by atoms with Crippen molar-refractivity contribution < 1.29 is 0 Å². The van der Waals surface area contributed by atoms with Crippen LogP contribution in [-0.2, 0) is 13.0 Å². The van der Waals surface area contributed by atoms with E-state index in [1.807, 2.05) is 36.5 Å². The van der Waals surface area contributed by atoms with Crippen molar-refractivity contribution in [3.63, 3.8) is 0 Å². The molecule has 0 bridgehead atoms. The smallest absolute Gasteiger partial charge is 0.152 e. The Bertz CT molecular complexity index is 1360. The quantitative estimate of drug-likeness (QED) is 0.350. The van der Waals surface area contributed by atoms with E-state index in [0.29, 0.717) is 0 Å². The van der Waals surface area contributed by atoms with Crippen molar-refractivity contribution in [3.05, 3.63) is 108 Å². The van der Waals surface area contributed by atoms with Crippen LogP contribution in [0.1, 0.15) is 29.4 Å². The van der Waals surface area contributed by atoms with Crippen LogP contribution < -0.4 is 0 Å². The van der Waals surface area contributed by atoms with Crippen LogP contribution in [0.2, 0.25) is 0 Å². The fourth-order valence-electron chi connectivity index (χ4n) is 3.99. The molecule has 30 heavy (non-hydrogen) atoms. The van der Waals surface area contributed by atoms with Gasteiger partial charge in [-0.1, -0.05) is 67.6 Å². The second kappa shape index (κ2) is 7.96. The van der Waals surface area contributed by atoms with Crippen LogP contribution in [0, 0.1) is 0 Å². The van der Waals surface area contributed by atoms with Crippen molar-refractivity contribution in [1.29, 1.82) is 0 Å². The Morgan fingerprint density at radius 2 is 1.73 bits per heavy atom. The van der Waals surface area contributed by atoms with E-state index in [4.69, 9.17) is 0 Å². The molecule has 2 aromatic heterocycles. The lowest BCUT2D eigenvalue weighted by molar-refractivity contribution is 0.831. The highest BCUT2D eigenvalue weighted by Gasteiger charge is 2.06. The number of rotatable bonds is 5. The first kappa shape index (κ1) is 18.3. The molecule has 0 aliphatic heterocycles. The van der Waals surface area contributed by atoms with Crippen LogP contribution in [-0.4, -0.2) is 14.5 Å². The molecule has 0 radical (unpaired) electrons. The topological polar surface area (TPSA) is 30.7 Å². The fraction of sp³-hybridized carbons (Fsp3) is 0.111. The maximum atomic E-state index is 4.62. The third-order valence-electron chi connectivity index (χ3n) is 5.49. The van der Waals surface area contributed by atoms with E-state index in [1.165, 1.54) is 22.0 Å². The summed E-state index contributed by atoms with van der Waals surface area (Å²) in [6.45, 7) is 3.07. The molecule has 146 valence electrons. The molecule has 3 aromatic carbocycles. The molecule has 3 heteroatoms. The van der Waals surface area contributed by atoms with Crippen LogP contribution in [0.25, 0.3) is 34.0 Å². The zero-order valence-electron chi connectivity index (χ0n) is 17.0. The lowest BCUT2D eigenvalue weighted by atomic mass is 10.1. The Morgan fingerprint density at radius 1 is 0.867 bits per heavy atom. The van der Waals surface area contributed by atoms with Gasteiger partial charge < -0.3 is 4.57 Å². The van der Waals surface area contributed by atoms with Crippen molar-refractivity contribution in [1.82, 2.24) is 14.5 Å². The first-order valence-electron chi connectivity index (χ1n) is 10.4. The summed E-state index contributed by atoms with van der Waals surface area (Å²) in [6.07, 6.45) is 9.16. The molecular formula is C27H23N3. The molecule has 0 aliphatic rings. The van der Waals surface area contributed by atoms with Crippen molar-refractivity contribution in [3.8, 4) is 0 Å². The number of aromatic nitrogens is 3. The third-order valence-corrected chi connectivity index (χ3v) is 5.49. The first-order chi connectivity index (χ1) is 14.8. The standard InChI is InChI=1S/C27H23N3/c1-2-22-10-6-11-23-15-16-30(27(22)23)19-21-8-5-7-20(17-21)13-14-26-28-18-24-9-3-4-12-25(24)29-26/h3-18H,2,19H2,1H3/b14-13+. The van der Waals surface area contributed by atoms with Gasteiger partial charge in [-0.05, 0) is 52.8 Å². The van der Waals surface area contributed by atoms with Crippen LogP contribution in [0.5, 0.6) is 0 Å². The minimum atomic E-state index is 0.725. The highest BCUT2D eigenvalue weighted by molar-refractivity contribution is 5.83. The summed E-state index contributed by atoms with van der Waals surface area (Å²) >= 11 is 0. The highest BCUT2D eigenvalue weighted by atomic mass is 15.0. The molecule has 0 N–H and O–H groups in total. The van der Waals surface area contributed by atoms with Crippen LogP contribution in [0.4, 0.5) is 0 Å². The summed E-state index contributed by atoms with van der Waals surface area (Å²) in [4.78, 5) is 9.08. The molecular weight excluding hydrogens is 366 g/mol. The molecule has 0 fully saturated rings.